The summed E-state index contributed by atoms with van der Waals surface area (Å²) < 4.78 is 9.51. The zero-order valence-electron chi connectivity index (χ0n) is 9.88. The number of esters is 1. The van der Waals surface area contributed by atoms with Crippen molar-refractivity contribution < 1.29 is 24.2 Å². The second-order valence-electron chi connectivity index (χ2n) is 3.53. The Morgan fingerprint density at radius 2 is 2.11 bits per heavy atom. The van der Waals surface area contributed by atoms with Crippen molar-refractivity contribution in [3.63, 3.8) is 0 Å². The molecule has 6 heteroatoms. The number of hydrogen-bond donors (Lipinski definition) is 2. The first-order valence-corrected chi connectivity index (χ1v) is 5.69. The molecule has 18 heavy (non-hydrogen) atoms. The van der Waals surface area contributed by atoms with Gasteiger partial charge in [-0.25, -0.2) is 9.59 Å². The van der Waals surface area contributed by atoms with Gasteiger partial charge >= 0.3 is 11.9 Å². The number of aromatic carboxylic acids is 1. The molecule has 0 bridgehead atoms. The molecule has 0 radical (unpaired) electrons. The molecule has 1 aromatic rings. The number of carboxylic acid groups (broad SMARTS) is 1. The van der Waals surface area contributed by atoms with Crippen molar-refractivity contribution in [3.8, 4) is 0 Å². The first kappa shape index (κ1) is 14.5. The normalized spacial score (nSPS) is 10.1. The number of hydrogen-bond acceptors (Lipinski definition) is 5. The van der Waals surface area contributed by atoms with Gasteiger partial charge in [0.05, 0.1) is 19.3 Å². The minimum Gasteiger partial charge on any atom is -0.478 e. The molecule has 0 aliphatic carbocycles. The molecule has 0 saturated carbocycles. The topological polar surface area (TPSA) is 72.8 Å². The molecule has 1 aromatic carbocycles. The van der Waals surface area contributed by atoms with E-state index >= 15 is 0 Å². The van der Waals surface area contributed by atoms with Crippen molar-refractivity contribution in [2.24, 2.45) is 0 Å². The summed E-state index contributed by atoms with van der Waals surface area (Å²) in [4.78, 5) is 22.3. The lowest BCUT2D eigenvalue weighted by Crippen LogP contribution is -2.12. The average Bonchev–Trinajstić information content (AvgIpc) is 2.35. The van der Waals surface area contributed by atoms with Gasteiger partial charge in [-0.2, -0.15) is 0 Å². The van der Waals surface area contributed by atoms with E-state index in [2.05, 4.69) is 17.4 Å². The van der Waals surface area contributed by atoms with Crippen LogP contribution in [0.1, 0.15) is 15.9 Å². The van der Waals surface area contributed by atoms with Crippen LogP contribution in [0.4, 0.5) is 0 Å². The van der Waals surface area contributed by atoms with Crippen LogP contribution in [0.3, 0.4) is 0 Å². The molecule has 0 saturated heterocycles. The summed E-state index contributed by atoms with van der Waals surface area (Å²) in [5.41, 5.74) is 0.971. The van der Waals surface area contributed by atoms with Crippen LogP contribution in [0.15, 0.2) is 23.1 Å². The van der Waals surface area contributed by atoms with Gasteiger partial charge in [-0.1, -0.05) is 0 Å². The summed E-state index contributed by atoms with van der Waals surface area (Å²) in [7, 11) is 1.29. The second-order valence-corrected chi connectivity index (χ2v) is 4.01. The van der Waals surface area contributed by atoms with E-state index < -0.39 is 11.9 Å². The van der Waals surface area contributed by atoms with E-state index in [1.807, 2.05) is 0 Å². The molecule has 0 atom stereocenters. The molecule has 0 unspecified atom stereocenters. The van der Waals surface area contributed by atoms with E-state index in [4.69, 9.17) is 9.84 Å². The molecule has 98 valence electrons. The van der Waals surface area contributed by atoms with Crippen molar-refractivity contribution in [1.82, 2.24) is 0 Å². The standard InChI is InChI=1S/C12H14O5S/c1-16-11(13)7-17-5-4-8-6-9(12(14)15)2-3-10(8)18/h2-3,6,18H,4-5,7H2,1H3,(H,14,15). The van der Waals surface area contributed by atoms with Gasteiger partial charge < -0.3 is 14.6 Å². The predicted octanol–water partition coefficient (Wildman–Crippen LogP) is 1.41. The van der Waals surface area contributed by atoms with Gasteiger partial charge in [0.1, 0.15) is 6.61 Å². The van der Waals surface area contributed by atoms with Gasteiger partial charge in [0.2, 0.25) is 0 Å². The number of benzene rings is 1. The Morgan fingerprint density at radius 3 is 2.72 bits per heavy atom. The van der Waals surface area contributed by atoms with Crippen LogP contribution in [0, 0.1) is 0 Å². The molecular weight excluding hydrogens is 256 g/mol. The number of ether oxygens (including phenoxy) is 2. The lowest BCUT2D eigenvalue weighted by molar-refractivity contribution is -0.145. The molecule has 1 rings (SSSR count). The molecular formula is C12H14O5S. The Kier molecular flexibility index (Phi) is 5.67. The molecule has 0 aromatic heterocycles. The maximum absolute atomic E-state index is 10.8. The van der Waals surface area contributed by atoms with Gasteiger partial charge in [-0.15, -0.1) is 12.6 Å². The van der Waals surface area contributed by atoms with Crippen molar-refractivity contribution in [2.75, 3.05) is 20.3 Å². The largest absolute Gasteiger partial charge is 0.478 e. The van der Waals surface area contributed by atoms with Gasteiger partial charge in [-0.3, -0.25) is 0 Å². The van der Waals surface area contributed by atoms with Gasteiger partial charge in [0.25, 0.3) is 0 Å². The summed E-state index contributed by atoms with van der Waals surface area (Å²) in [6, 6.07) is 4.66. The highest BCUT2D eigenvalue weighted by molar-refractivity contribution is 7.80. The summed E-state index contributed by atoms with van der Waals surface area (Å²) in [5.74, 6) is -1.43. The number of rotatable bonds is 6. The van der Waals surface area contributed by atoms with E-state index in [0.29, 0.717) is 17.9 Å². The van der Waals surface area contributed by atoms with Crippen LogP contribution in [-0.4, -0.2) is 37.4 Å². The average molecular weight is 270 g/mol. The Labute approximate surface area is 110 Å². The molecule has 0 fully saturated rings. The fourth-order valence-corrected chi connectivity index (χ4v) is 1.57. The summed E-state index contributed by atoms with van der Waals surface area (Å²) >= 11 is 4.23. The third-order valence-corrected chi connectivity index (χ3v) is 2.73. The Bertz CT molecular complexity index is 444. The van der Waals surface area contributed by atoms with Crippen LogP contribution >= 0.6 is 12.6 Å². The molecule has 0 amide bonds. The van der Waals surface area contributed by atoms with Crippen molar-refractivity contribution in [2.45, 2.75) is 11.3 Å². The summed E-state index contributed by atoms with van der Waals surface area (Å²) in [5, 5.41) is 8.86. The molecule has 0 aliphatic heterocycles. The zero-order valence-corrected chi connectivity index (χ0v) is 10.8. The smallest absolute Gasteiger partial charge is 0.335 e. The monoisotopic (exact) mass is 270 g/mol. The van der Waals surface area contributed by atoms with Gasteiger partial charge in [0.15, 0.2) is 0 Å². The third-order valence-electron chi connectivity index (χ3n) is 2.29. The number of thiol groups is 1. The first-order chi connectivity index (χ1) is 8.54. The predicted molar refractivity (Wildman–Crippen MR) is 67.2 cm³/mol. The summed E-state index contributed by atoms with van der Waals surface area (Å²) in [6.45, 7) is 0.183. The van der Waals surface area contributed by atoms with Crippen LogP contribution < -0.4 is 0 Å². The highest BCUT2D eigenvalue weighted by Crippen LogP contribution is 2.16. The Hall–Kier alpha value is -1.53. The number of methoxy groups -OCH3 is 1. The quantitative estimate of drug-likeness (QED) is 0.464. The zero-order chi connectivity index (χ0) is 13.5. The first-order valence-electron chi connectivity index (χ1n) is 5.24. The Balaban J connectivity index is 2.53. The fourth-order valence-electron chi connectivity index (χ4n) is 1.32. The minimum atomic E-state index is -0.986. The van der Waals surface area contributed by atoms with Gasteiger partial charge in [0, 0.05) is 4.90 Å². The van der Waals surface area contributed by atoms with E-state index in [1.54, 1.807) is 12.1 Å². The van der Waals surface area contributed by atoms with Crippen molar-refractivity contribution >= 4 is 24.6 Å². The minimum absolute atomic E-state index is 0.114. The van der Waals surface area contributed by atoms with Crippen LogP contribution in [0.5, 0.6) is 0 Å². The Morgan fingerprint density at radius 1 is 1.39 bits per heavy atom. The lowest BCUT2D eigenvalue weighted by atomic mass is 10.1. The third kappa shape index (κ3) is 4.38. The maximum atomic E-state index is 10.8. The van der Waals surface area contributed by atoms with Crippen molar-refractivity contribution in [3.05, 3.63) is 29.3 Å². The number of carbonyl (C=O) groups is 2. The van der Waals surface area contributed by atoms with Crippen molar-refractivity contribution in [1.29, 1.82) is 0 Å². The van der Waals surface area contributed by atoms with Crippen LogP contribution in [0.25, 0.3) is 0 Å². The highest BCUT2D eigenvalue weighted by atomic mass is 32.1. The molecule has 0 aliphatic rings. The SMILES string of the molecule is COC(=O)COCCc1cc(C(=O)O)ccc1S. The molecule has 1 N–H and O–H groups in total. The lowest BCUT2D eigenvalue weighted by Gasteiger charge is -2.07. The van der Waals surface area contributed by atoms with E-state index in [1.165, 1.54) is 13.2 Å². The second kappa shape index (κ2) is 7.03. The molecule has 0 spiro atoms. The van der Waals surface area contributed by atoms with E-state index in [-0.39, 0.29) is 12.2 Å². The van der Waals surface area contributed by atoms with Crippen LogP contribution in [-0.2, 0) is 20.7 Å². The van der Waals surface area contributed by atoms with Gasteiger partial charge in [-0.05, 0) is 30.2 Å². The van der Waals surface area contributed by atoms with Crippen LogP contribution in [0.2, 0.25) is 0 Å². The maximum Gasteiger partial charge on any atom is 0.335 e. The van der Waals surface area contributed by atoms with E-state index in [9.17, 15) is 9.59 Å². The molecule has 0 heterocycles. The highest BCUT2D eigenvalue weighted by Gasteiger charge is 2.07. The number of carboxylic acids is 1. The van der Waals surface area contributed by atoms with E-state index in [0.717, 1.165) is 5.56 Å². The summed E-state index contributed by atoms with van der Waals surface area (Å²) in [6.07, 6.45) is 0.483. The number of carbonyl (C=O) groups excluding carboxylic acids is 1. The fraction of sp³-hybridized carbons (Fsp3) is 0.333. The molecule has 5 nitrogen and oxygen atoms in total.